The average Bonchev–Trinajstić information content (AvgIpc) is 2.17. The van der Waals surface area contributed by atoms with E-state index in [4.69, 9.17) is 14.5 Å². The topological polar surface area (TPSA) is 102 Å². The molecule has 1 rings (SSSR count). The van der Waals surface area contributed by atoms with E-state index in [9.17, 15) is 4.57 Å². The van der Waals surface area contributed by atoms with Crippen molar-refractivity contribution in [3.8, 4) is 0 Å². The quantitative estimate of drug-likeness (QED) is 0.409. The van der Waals surface area contributed by atoms with Gasteiger partial charge in [-0.05, 0) is 6.07 Å². The third kappa shape index (κ3) is 6.27. The highest BCUT2D eigenvalue weighted by molar-refractivity contribution is 7.51. The zero-order valence-electron chi connectivity index (χ0n) is 7.81. The van der Waals surface area contributed by atoms with Crippen molar-refractivity contribution in [3.05, 3.63) is 24.3 Å². The van der Waals surface area contributed by atoms with E-state index in [1.165, 1.54) is 0 Å². The molecular weight excluding hydrogens is 223 g/mol. The van der Waals surface area contributed by atoms with Crippen molar-refractivity contribution >= 4 is 7.60 Å². The largest absolute Gasteiger partial charge is 0.351 e. The highest BCUT2D eigenvalue weighted by Gasteiger charge is 2.12. The van der Waals surface area contributed by atoms with Crippen LogP contribution < -0.4 is 0 Å². The molecule has 0 bridgehead atoms. The minimum Gasteiger partial charge on any atom is -0.347 e. The second-order valence-corrected chi connectivity index (χ2v) is 4.22. The predicted octanol–water partition coefficient (Wildman–Crippen LogP) is 0.102. The Kier molecular flexibility index (Phi) is 4.80. The van der Waals surface area contributed by atoms with Crippen LogP contribution in [0.5, 0.6) is 0 Å². The van der Waals surface area contributed by atoms with Gasteiger partial charge >= 0.3 is 7.60 Å². The van der Waals surface area contributed by atoms with Crippen molar-refractivity contribution in [2.45, 2.75) is 6.61 Å². The molecule has 0 saturated carbocycles. The number of ether oxygens (including phenoxy) is 2. The van der Waals surface area contributed by atoms with E-state index < -0.39 is 13.9 Å². The third-order valence-corrected chi connectivity index (χ3v) is 1.80. The lowest BCUT2D eigenvalue weighted by atomic mass is 10.6. The number of hydrogen-bond acceptors (Lipinski definition) is 5. The van der Waals surface area contributed by atoms with Crippen molar-refractivity contribution in [3.63, 3.8) is 0 Å². The first-order chi connectivity index (χ1) is 7.08. The minimum absolute atomic E-state index is 0.141. The van der Waals surface area contributed by atoms with Crippen LogP contribution in [0, 0.1) is 0 Å². The van der Waals surface area contributed by atoms with E-state index in [0.717, 1.165) is 0 Å². The van der Waals surface area contributed by atoms with Gasteiger partial charge in [0.1, 0.15) is 13.4 Å². The summed E-state index contributed by atoms with van der Waals surface area (Å²) in [6.45, 7) is -0.0641. The van der Waals surface area contributed by atoms with Gasteiger partial charge < -0.3 is 19.3 Å². The van der Waals surface area contributed by atoms with Gasteiger partial charge in [-0.1, -0.05) is 0 Å². The number of nitrogens with zero attached hydrogens (tertiary/aromatic N) is 2. The highest BCUT2D eigenvalue weighted by atomic mass is 31.2. The van der Waals surface area contributed by atoms with E-state index in [2.05, 4.69) is 14.7 Å². The van der Waals surface area contributed by atoms with Crippen LogP contribution in [0.3, 0.4) is 0 Å². The van der Waals surface area contributed by atoms with E-state index in [-0.39, 0.29) is 13.4 Å². The SMILES string of the molecule is O=P(O)(O)COCOCc1ncccn1. The first kappa shape index (κ1) is 12.2. The molecule has 0 aliphatic rings. The van der Waals surface area contributed by atoms with Gasteiger partial charge in [-0.15, -0.1) is 0 Å². The summed E-state index contributed by atoms with van der Waals surface area (Å²) in [5, 5.41) is 0. The molecule has 1 aromatic rings. The summed E-state index contributed by atoms with van der Waals surface area (Å²) in [6, 6.07) is 1.67. The Morgan fingerprint density at radius 3 is 2.53 bits per heavy atom. The van der Waals surface area contributed by atoms with Gasteiger partial charge in [0.15, 0.2) is 12.2 Å². The van der Waals surface area contributed by atoms with Crippen LogP contribution in [0.1, 0.15) is 5.82 Å². The molecular formula is C7H11N2O5P. The maximum atomic E-state index is 10.4. The molecule has 0 saturated heterocycles. The summed E-state index contributed by atoms with van der Waals surface area (Å²) in [5.74, 6) is 0.484. The Balaban J connectivity index is 2.10. The van der Waals surface area contributed by atoms with Crippen LogP contribution in [0.15, 0.2) is 18.5 Å². The molecule has 0 amide bonds. The lowest BCUT2D eigenvalue weighted by Crippen LogP contribution is -2.04. The molecule has 15 heavy (non-hydrogen) atoms. The second kappa shape index (κ2) is 5.89. The zero-order valence-corrected chi connectivity index (χ0v) is 8.71. The van der Waals surface area contributed by atoms with Crippen molar-refractivity contribution in [2.24, 2.45) is 0 Å². The van der Waals surface area contributed by atoms with Crippen LogP contribution in [0.25, 0.3) is 0 Å². The molecule has 0 aliphatic heterocycles. The van der Waals surface area contributed by atoms with Crippen LogP contribution in [0.2, 0.25) is 0 Å². The van der Waals surface area contributed by atoms with Crippen LogP contribution in [-0.2, 0) is 20.6 Å². The smallest absolute Gasteiger partial charge is 0.347 e. The average molecular weight is 234 g/mol. The van der Waals surface area contributed by atoms with Gasteiger partial charge in [0.25, 0.3) is 0 Å². The number of rotatable bonds is 6. The minimum atomic E-state index is -4.11. The molecule has 0 fully saturated rings. The molecule has 0 radical (unpaired) electrons. The summed E-state index contributed by atoms with van der Waals surface area (Å²) >= 11 is 0. The fourth-order valence-corrected chi connectivity index (χ4v) is 1.06. The van der Waals surface area contributed by atoms with Crippen molar-refractivity contribution < 1.29 is 23.8 Å². The van der Waals surface area contributed by atoms with E-state index in [1.54, 1.807) is 18.5 Å². The third-order valence-electron chi connectivity index (χ3n) is 1.28. The molecule has 0 unspecified atom stereocenters. The summed E-state index contributed by atoms with van der Waals surface area (Å²) in [7, 11) is -4.11. The van der Waals surface area contributed by atoms with Crippen molar-refractivity contribution in [1.82, 2.24) is 9.97 Å². The Bertz CT molecular complexity index is 327. The first-order valence-corrected chi connectivity index (χ1v) is 5.83. The molecule has 7 nitrogen and oxygen atoms in total. The molecule has 0 spiro atoms. The summed E-state index contributed by atoms with van der Waals surface area (Å²) in [4.78, 5) is 24.6. The standard InChI is InChI=1S/C7H11N2O5P/c10-15(11,12)6-14-5-13-4-7-8-2-1-3-9-7/h1-3H,4-6H2,(H2,10,11,12). The molecule has 1 aromatic heterocycles. The Labute approximate surface area is 86.2 Å². The molecule has 2 N–H and O–H groups in total. The van der Waals surface area contributed by atoms with Gasteiger partial charge in [-0.2, -0.15) is 0 Å². The van der Waals surface area contributed by atoms with E-state index in [0.29, 0.717) is 5.82 Å². The molecule has 0 aromatic carbocycles. The molecule has 1 heterocycles. The maximum absolute atomic E-state index is 10.4. The van der Waals surface area contributed by atoms with E-state index in [1.807, 2.05) is 0 Å². The summed E-state index contributed by atoms with van der Waals surface area (Å²) < 4.78 is 19.9. The fourth-order valence-electron chi connectivity index (χ4n) is 0.753. The normalized spacial score (nSPS) is 11.6. The van der Waals surface area contributed by atoms with Crippen LogP contribution >= 0.6 is 7.60 Å². The molecule has 84 valence electrons. The van der Waals surface area contributed by atoms with Gasteiger partial charge in [0.2, 0.25) is 0 Å². The highest BCUT2D eigenvalue weighted by Crippen LogP contribution is 2.33. The van der Waals surface area contributed by atoms with Crippen molar-refractivity contribution in [1.29, 1.82) is 0 Å². The van der Waals surface area contributed by atoms with Gasteiger partial charge in [0, 0.05) is 12.4 Å². The van der Waals surface area contributed by atoms with Crippen molar-refractivity contribution in [2.75, 3.05) is 13.1 Å². The first-order valence-electron chi connectivity index (χ1n) is 4.04. The van der Waals surface area contributed by atoms with Crippen LogP contribution in [-0.4, -0.2) is 32.9 Å². The lowest BCUT2D eigenvalue weighted by molar-refractivity contribution is -0.0519. The molecule has 0 aliphatic carbocycles. The lowest BCUT2D eigenvalue weighted by Gasteiger charge is -2.05. The fraction of sp³-hybridized carbons (Fsp3) is 0.429. The summed E-state index contributed by atoms with van der Waals surface area (Å²) in [5.41, 5.74) is 0. The predicted molar refractivity (Wildman–Crippen MR) is 49.7 cm³/mol. The summed E-state index contributed by atoms with van der Waals surface area (Å²) in [6.07, 6.45) is 2.49. The van der Waals surface area contributed by atoms with Crippen LogP contribution in [0.4, 0.5) is 0 Å². The van der Waals surface area contributed by atoms with Gasteiger partial charge in [-0.3, -0.25) is 4.57 Å². The molecule has 0 atom stereocenters. The number of hydrogen-bond donors (Lipinski definition) is 2. The van der Waals surface area contributed by atoms with Gasteiger partial charge in [0.05, 0.1) is 0 Å². The Morgan fingerprint density at radius 1 is 1.27 bits per heavy atom. The van der Waals surface area contributed by atoms with E-state index >= 15 is 0 Å². The molecule has 8 heteroatoms. The monoisotopic (exact) mass is 234 g/mol. The maximum Gasteiger partial charge on any atom is 0.351 e. The Hall–Kier alpha value is -0.850. The second-order valence-electron chi connectivity index (χ2n) is 2.63. The number of aromatic nitrogens is 2. The Morgan fingerprint density at radius 2 is 1.93 bits per heavy atom. The zero-order chi connectivity index (χ0) is 11.1. The van der Waals surface area contributed by atoms with Gasteiger partial charge in [-0.25, -0.2) is 9.97 Å².